The van der Waals surface area contributed by atoms with Crippen molar-refractivity contribution in [1.29, 1.82) is 0 Å². The largest absolute Gasteiger partial charge is 0.463 e. The molecule has 6 heteroatoms. The van der Waals surface area contributed by atoms with Gasteiger partial charge >= 0.3 is 11.9 Å². The van der Waals surface area contributed by atoms with Crippen LogP contribution in [0.2, 0.25) is 0 Å². The molecule has 0 aliphatic rings. The Labute approximate surface area is 184 Å². The number of allylic oxidation sites excluding steroid dienone is 2. The maximum Gasteiger partial charge on any atom is 0.311 e. The maximum atomic E-state index is 11.9. The predicted molar refractivity (Wildman–Crippen MR) is 121 cm³/mol. The lowest BCUT2D eigenvalue weighted by Gasteiger charge is -2.12. The molecule has 0 aliphatic carbocycles. The third kappa shape index (κ3) is 9.11. The molecule has 0 saturated heterocycles. The van der Waals surface area contributed by atoms with E-state index in [4.69, 9.17) is 9.47 Å². The number of rotatable bonds is 12. The standard InChI is InChI=1S/C25H32N2O4/c1-4-6-7-8-9-10-24(29)31-22-17-26-25(27-18-22)21-15-13-20(14-16-21)12-11-19(3)30-23(28)5-2/h6-7,13-19H,4-5,8-12H2,1-3H3/b7-6-. The van der Waals surface area contributed by atoms with E-state index in [2.05, 4.69) is 29.0 Å². The Bertz CT molecular complexity index is 845. The molecule has 0 bridgehead atoms. The summed E-state index contributed by atoms with van der Waals surface area (Å²) in [6.07, 6.45) is 12.1. The molecule has 6 nitrogen and oxygen atoms in total. The molecule has 1 aromatic heterocycles. The zero-order chi connectivity index (χ0) is 22.5. The van der Waals surface area contributed by atoms with Crippen LogP contribution < -0.4 is 4.74 Å². The maximum absolute atomic E-state index is 11.9. The molecule has 1 unspecified atom stereocenters. The summed E-state index contributed by atoms with van der Waals surface area (Å²) in [4.78, 5) is 31.9. The molecule has 0 aliphatic heterocycles. The van der Waals surface area contributed by atoms with Crippen LogP contribution in [0.5, 0.6) is 5.75 Å². The number of ether oxygens (including phenoxy) is 2. The second kappa shape index (κ2) is 13.3. The number of esters is 2. The van der Waals surface area contributed by atoms with Crippen LogP contribution in [0.1, 0.15) is 64.9 Å². The molecule has 31 heavy (non-hydrogen) atoms. The highest BCUT2D eigenvalue weighted by atomic mass is 16.5. The van der Waals surface area contributed by atoms with Crippen LogP contribution >= 0.6 is 0 Å². The smallest absolute Gasteiger partial charge is 0.311 e. The van der Waals surface area contributed by atoms with Crippen LogP contribution in [-0.2, 0) is 20.7 Å². The van der Waals surface area contributed by atoms with E-state index in [0.29, 0.717) is 24.4 Å². The van der Waals surface area contributed by atoms with Crippen LogP contribution in [0, 0.1) is 0 Å². The fourth-order valence-electron chi connectivity index (χ4n) is 2.91. The average Bonchev–Trinajstić information content (AvgIpc) is 2.78. The van der Waals surface area contributed by atoms with Gasteiger partial charge in [-0.1, -0.05) is 50.3 Å². The first-order valence-electron chi connectivity index (χ1n) is 11.0. The Morgan fingerprint density at radius 2 is 1.74 bits per heavy atom. The lowest BCUT2D eigenvalue weighted by Crippen LogP contribution is -2.14. The number of carbonyl (C=O) groups excluding carboxylic acids is 2. The minimum Gasteiger partial charge on any atom is -0.463 e. The Morgan fingerprint density at radius 3 is 2.39 bits per heavy atom. The first-order valence-corrected chi connectivity index (χ1v) is 11.0. The molecular weight excluding hydrogens is 392 g/mol. The Kier molecular flexibility index (Phi) is 10.4. The van der Waals surface area contributed by atoms with E-state index in [0.717, 1.165) is 43.2 Å². The van der Waals surface area contributed by atoms with Crippen molar-refractivity contribution in [3.8, 4) is 17.1 Å². The molecular formula is C25H32N2O4. The van der Waals surface area contributed by atoms with Crippen molar-refractivity contribution in [3.05, 3.63) is 54.4 Å². The number of nitrogens with zero attached hydrogens (tertiary/aromatic N) is 2. The number of benzene rings is 1. The predicted octanol–water partition coefficient (Wildman–Crippen LogP) is 5.46. The highest BCUT2D eigenvalue weighted by molar-refractivity contribution is 5.72. The molecule has 1 aromatic carbocycles. The van der Waals surface area contributed by atoms with Crippen LogP contribution in [-0.4, -0.2) is 28.0 Å². The van der Waals surface area contributed by atoms with Crippen molar-refractivity contribution in [2.75, 3.05) is 0 Å². The van der Waals surface area contributed by atoms with Crippen molar-refractivity contribution >= 4 is 11.9 Å². The Balaban J connectivity index is 1.82. The number of aryl methyl sites for hydroxylation is 1. The molecule has 0 radical (unpaired) electrons. The summed E-state index contributed by atoms with van der Waals surface area (Å²) in [5.41, 5.74) is 2.04. The van der Waals surface area contributed by atoms with Gasteiger partial charge in [-0.2, -0.15) is 0 Å². The van der Waals surface area contributed by atoms with Crippen molar-refractivity contribution < 1.29 is 19.1 Å². The number of carbonyl (C=O) groups is 2. The summed E-state index contributed by atoms with van der Waals surface area (Å²) in [5, 5.41) is 0. The van der Waals surface area contributed by atoms with E-state index < -0.39 is 0 Å². The molecule has 2 aromatic rings. The van der Waals surface area contributed by atoms with Gasteiger partial charge in [-0.05, 0) is 44.6 Å². The number of aromatic nitrogens is 2. The van der Waals surface area contributed by atoms with Crippen molar-refractivity contribution in [3.63, 3.8) is 0 Å². The zero-order valence-corrected chi connectivity index (χ0v) is 18.7. The van der Waals surface area contributed by atoms with E-state index in [1.165, 1.54) is 12.4 Å². The third-order valence-electron chi connectivity index (χ3n) is 4.69. The normalized spacial score (nSPS) is 12.0. The van der Waals surface area contributed by atoms with Crippen molar-refractivity contribution in [1.82, 2.24) is 9.97 Å². The van der Waals surface area contributed by atoms with Gasteiger partial charge in [0.05, 0.1) is 18.5 Å². The molecule has 1 atom stereocenters. The highest BCUT2D eigenvalue weighted by Crippen LogP contribution is 2.19. The molecule has 0 fully saturated rings. The summed E-state index contributed by atoms with van der Waals surface area (Å²) in [6.45, 7) is 5.78. The monoisotopic (exact) mass is 424 g/mol. The van der Waals surface area contributed by atoms with Gasteiger partial charge < -0.3 is 9.47 Å². The van der Waals surface area contributed by atoms with Crippen LogP contribution in [0.3, 0.4) is 0 Å². The molecule has 0 amide bonds. The van der Waals surface area contributed by atoms with Crippen LogP contribution in [0.15, 0.2) is 48.8 Å². The third-order valence-corrected chi connectivity index (χ3v) is 4.69. The van der Waals surface area contributed by atoms with Gasteiger partial charge in [0.2, 0.25) is 0 Å². The fraction of sp³-hybridized carbons (Fsp3) is 0.440. The SMILES string of the molecule is CC/C=C\CCCC(=O)Oc1cnc(-c2ccc(CCC(C)OC(=O)CC)cc2)nc1. The first kappa shape index (κ1) is 24.3. The van der Waals surface area contributed by atoms with Crippen LogP contribution in [0.25, 0.3) is 11.4 Å². The van der Waals surface area contributed by atoms with Gasteiger partial charge in [-0.25, -0.2) is 9.97 Å². The van der Waals surface area contributed by atoms with Crippen LogP contribution in [0.4, 0.5) is 0 Å². The van der Waals surface area contributed by atoms with E-state index in [1.807, 2.05) is 31.2 Å². The zero-order valence-electron chi connectivity index (χ0n) is 18.7. The van der Waals surface area contributed by atoms with Gasteiger partial charge in [-0.15, -0.1) is 0 Å². The molecule has 166 valence electrons. The first-order chi connectivity index (χ1) is 15.0. The number of unbranched alkanes of at least 4 members (excludes halogenated alkanes) is 1. The van der Waals surface area contributed by atoms with Crippen molar-refractivity contribution in [2.24, 2.45) is 0 Å². The van der Waals surface area contributed by atoms with E-state index in [9.17, 15) is 9.59 Å². The number of hydrogen-bond donors (Lipinski definition) is 0. The second-order valence-electron chi connectivity index (χ2n) is 7.38. The Hall–Kier alpha value is -3.02. The van der Waals surface area contributed by atoms with Gasteiger partial charge in [0.25, 0.3) is 0 Å². The van der Waals surface area contributed by atoms with E-state index in [1.54, 1.807) is 6.92 Å². The quantitative estimate of drug-likeness (QED) is 0.256. The summed E-state index contributed by atoms with van der Waals surface area (Å²) in [5.74, 6) is 0.481. The lowest BCUT2D eigenvalue weighted by molar-refractivity contribution is -0.148. The summed E-state index contributed by atoms with van der Waals surface area (Å²) in [7, 11) is 0. The molecule has 0 N–H and O–H groups in total. The van der Waals surface area contributed by atoms with Crippen molar-refractivity contribution in [2.45, 2.75) is 71.8 Å². The summed E-state index contributed by atoms with van der Waals surface area (Å²) < 4.78 is 10.6. The Morgan fingerprint density at radius 1 is 1.03 bits per heavy atom. The molecule has 0 saturated carbocycles. The lowest BCUT2D eigenvalue weighted by atomic mass is 10.1. The van der Waals surface area contributed by atoms with Gasteiger partial charge in [0, 0.05) is 18.4 Å². The summed E-state index contributed by atoms with van der Waals surface area (Å²) in [6, 6.07) is 7.97. The average molecular weight is 425 g/mol. The fourth-order valence-corrected chi connectivity index (χ4v) is 2.91. The molecule has 0 spiro atoms. The highest BCUT2D eigenvalue weighted by Gasteiger charge is 2.09. The summed E-state index contributed by atoms with van der Waals surface area (Å²) >= 11 is 0. The molecule has 2 rings (SSSR count). The van der Waals surface area contributed by atoms with Gasteiger partial charge in [0.15, 0.2) is 11.6 Å². The second-order valence-corrected chi connectivity index (χ2v) is 7.38. The van der Waals surface area contributed by atoms with Gasteiger partial charge in [0.1, 0.15) is 0 Å². The number of hydrogen-bond acceptors (Lipinski definition) is 6. The minimum atomic E-state index is -0.274. The molecule has 1 heterocycles. The van der Waals surface area contributed by atoms with Gasteiger partial charge in [-0.3, -0.25) is 9.59 Å². The minimum absolute atomic E-state index is 0.0986. The van der Waals surface area contributed by atoms with E-state index in [-0.39, 0.29) is 18.0 Å². The topological polar surface area (TPSA) is 78.4 Å². The van der Waals surface area contributed by atoms with E-state index >= 15 is 0 Å².